The van der Waals surface area contributed by atoms with Gasteiger partial charge >= 0.3 is 0 Å². The molecule has 0 unspecified atom stereocenters. The van der Waals surface area contributed by atoms with E-state index in [1.807, 2.05) is 25.5 Å². The minimum absolute atomic E-state index is 0.377. The molecule has 1 saturated heterocycles. The quantitative estimate of drug-likeness (QED) is 0.533. The van der Waals surface area contributed by atoms with Gasteiger partial charge in [-0.2, -0.15) is 5.10 Å². The van der Waals surface area contributed by atoms with E-state index in [-0.39, 0.29) is 0 Å². The van der Waals surface area contributed by atoms with Crippen LogP contribution in [0.5, 0.6) is 0 Å². The van der Waals surface area contributed by atoms with Crippen LogP contribution in [0, 0.1) is 6.92 Å². The monoisotopic (exact) mass is 384 g/mol. The average molecular weight is 384 g/mol. The van der Waals surface area contributed by atoms with Crippen molar-refractivity contribution in [1.29, 1.82) is 0 Å². The Labute approximate surface area is 170 Å². The molecule has 4 heterocycles. The summed E-state index contributed by atoms with van der Waals surface area (Å²) in [6.07, 6.45) is 9.94. The maximum absolute atomic E-state index is 4.73. The number of hydrogen-bond donors (Lipinski definition) is 0. The molecule has 0 N–H and O–H groups in total. The summed E-state index contributed by atoms with van der Waals surface area (Å²) < 4.78 is 2.27. The zero-order chi connectivity index (χ0) is 19.6. The molecular weight excluding hydrogens is 360 g/mol. The standard InChI is InChI=1S/C23H24N6/c1-17-20-6-2-3-7-21(20)23(27-26-17)28-13-4-5-19(16-28)22-25-12-14-29(22)15-18-8-10-24-11-9-18/h2-3,6-12,14,19H,4-5,13,15-16H2,1H3/t19-/m1/s1. The van der Waals surface area contributed by atoms with Crippen LogP contribution in [0.4, 0.5) is 5.82 Å². The molecule has 6 heteroatoms. The molecule has 1 aliphatic rings. The van der Waals surface area contributed by atoms with Crippen molar-refractivity contribution < 1.29 is 0 Å². The molecule has 0 spiro atoms. The molecular formula is C23H24N6. The molecule has 4 aromatic rings. The summed E-state index contributed by atoms with van der Waals surface area (Å²) in [7, 11) is 0. The van der Waals surface area contributed by atoms with Gasteiger partial charge in [-0.3, -0.25) is 4.98 Å². The van der Waals surface area contributed by atoms with Crippen molar-refractivity contribution in [2.24, 2.45) is 0 Å². The van der Waals surface area contributed by atoms with Gasteiger partial charge in [-0.05, 0) is 37.5 Å². The molecule has 1 fully saturated rings. The van der Waals surface area contributed by atoms with Gasteiger partial charge in [0.15, 0.2) is 5.82 Å². The van der Waals surface area contributed by atoms with Crippen LogP contribution in [-0.4, -0.2) is 37.8 Å². The number of aryl methyl sites for hydroxylation is 1. The average Bonchev–Trinajstić information content (AvgIpc) is 3.23. The number of rotatable bonds is 4. The molecule has 0 radical (unpaired) electrons. The SMILES string of the molecule is Cc1nnc(N2CCC[C@@H](c3nccn3Cc3ccncc3)C2)c2ccccc12. The summed E-state index contributed by atoms with van der Waals surface area (Å²) in [6, 6.07) is 12.5. The van der Waals surface area contributed by atoms with Crippen LogP contribution in [0.2, 0.25) is 0 Å². The van der Waals surface area contributed by atoms with E-state index in [0.717, 1.165) is 49.8 Å². The molecule has 0 amide bonds. The lowest BCUT2D eigenvalue weighted by atomic mass is 9.96. The normalized spacial score (nSPS) is 17.0. The maximum Gasteiger partial charge on any atom is 0.159 e. The van der Waals surface area contributed by atoms with Crippen LogP contribution in [0.3, 0.4) is 0 Å². The zero-order valence-corrected chi connectivity index (χ0v) is 16.6. The van der Waals surface area contributed by atoms with E-state index in [1.54, 1.807) is 0 Å². The maximum atomic E-state index is 4.73. The van der Waals surface area contributed by atoms with Gasteiger partial charge in [0, 0.05) is 61.1 Å². The highest BCUT2D eigenvalue weighted by Crippen LogP contribution is 2.32. The fraction of sp³-hybridized carbons (Fsp3) is 0.304. The van der Waals surface area contributed by atoms with Crippen LogP contribution < -0.4 is 4.90 Å². The highest BCUT2D eigenvalue weighted by atomic mass is 15.3. The summed E-state index contributed by atoms with van der Waals surface area (Å²) in [6.45, 7) is 4.76. The molecule has 1 aliphatic heterocycles. The molecule has 0 bridgehead atoms. The van der Waals surface area contributed by atoms with Crippen LogP contribution in [0.25, 0.3) is 10.8 Å². The Hall–Kier alpha value is -3.28. The van der Waals surface area contributed by atoms with Crippen LogP contribution >= 0.6 is 0 Å². The largest absolute Gasteiger partial charge is 0.354 e. The van der Waals surface area contributed by atoms with Crippen LogP contribution in [-0.2, 0) is 6.54 Å². The van der Waals surface area contributed by atoms with Gasteiger partial charge in [-0.15, -0.1) is 5.10 Å². The second-order valence-electron chi connectivity index (χ2n) is 7.71. The number of piperidine rings is 1. The van der Waals surface area contributed by atoms with Crippen molar-refractivity contribution in [3.63, 3.8) is 0 Å². The van der Waals surface area contributed by atoms with E-state index in [9.17, 15) is 0 Å². The van der Waals surface area contributed by atoms with Gasteiger partial charge in [0.1, 0.15) is 5.82 Å². The Balaban J connectivity index is 1.43. The van der Waals surface area contributed by atoms with E-state index in [4.69, 9.17) is 4.98 Å². The Kier molecular flexibility index (Phi) is 4.68. The Morgan fingerprint density at radius 3 is 2.69 bits per heavy atom. The van der Waals surface area contributed by atoms with Gasteiger partial charge in [0.05, 0.1) is 5.69 Å². The third-order valence-corrected chi connectivity index (χ3v) is 5.79. The first-order valence-electron chi connectivity index (χ1n) is 10.2. The Bertz CT molecular complexity index is 1120. The highest BCUT2D eigenvalue weighted by Gasteiger charge is 2.27. The van der Waals surface area contributed by atoms with Crippen molar-refractivity contribution >= 4 is 16.6 Å². The first-order chi connectivity index (χ1) is 14.3. The number of benzene rings is 1. The lowest BCUT2D eigenvalue weighted by Crippen LogP contribution is -2.36. The van der Waals surface area contributed by atoms with Gasteiger partial charge in [0.2, 0.25) is 0 Å². The first kappa shape index (κ1) is 17.8. The predicted octanol–water partition coefficient (Wildman–Crippen LogP) is 3.96. The number of nitrogens with zero attached hydrogens (tertiary/aromatic N) is 6. The molecule has 146 valence electrons. The fourth-order valence-electron chi connectivity index (χ4n) is 4.34. The summed E-state index contributed by atoms with van der Waals surface area (Å²) in [5, 5.41) is 11.4. The fourth-order valence-corrected chi connectivity index (χ4v) is 4.34. The second-order valence-corrected chi connectivity index (χ2v) is 7.71. The Morgan fingerprint density at radius 1 is 1.00 bits per heavy atom. The molecule has 1 atom stereocenters. The minimum Gasteiger partial charge on any atom is -0.354 e. The first-order valence-corrected chi connectivity index (χ1v) is 10.2. The number of pyridine rings is 1. The summed E-state index contributed by atoms with van der Waals surface area (Å²) in [5.74, 6) is 2.52. The van der Waals surface area contributed by atoms with Gasteiger partial charge in [-0.25, -0.2) is 4.98 Å². The lowest BCUT2D eigenvalue weighted by molar-refractivity contribution is 0.474. The highest BCUT2D eigenvalue weighted by molar-refractivity contribution is 5.93. The number of anilines is 1. The van der Waals surface area contributed by atoms with Crippen molar-refractivity contribution in [2.75, 3.05) is 18.0 Å². The smallest absolute Gasteiger partial charge is 0.159 e. The number of imidazole rings is 1. The van der Waals surface area contributed by atoms with Crippen molar-refractivity contribution in [3.8, 4) is 0 Å². The second kappa shape index (κ2) is 7.62. The van der Waals surface area contributed by atoms with Crippen molar-refractivity contribution in [2.45, 2.75) is 32.2 Å². The van der Waals surface area contributed by atoms with E-state index < -0.39 is 0 Å². The van der Waals surface area contributed by atoms with Crippen LogP contribution in [0.1, 0.15) is 35.8 Å². The van der Waals surface area contributed by atoms with Gasteiger partial charge in [0.25, 0.3) is 0 Å². The molecule has 5 rings (SSSR count). The molecule has 0 aliphatic carbocycles. The molecule has 0 saturated carbocycles. The molecule has 3 aromatic heterocycles. The van der Waals surface area contributed by atoms with Crippen LogP contribution in [0.15, 0.2) is 61.2 Å². The van der Waals surface area contributed by atoms with Crippen molar-refractivity contribution in [1.82, 2.24) is 24.7 Å². The van der Waals surface area contributed by atoms with E-state index in [2.05, 4.69) is 67.2 Å². The van der Waals surface area contributed by atoms with Crippen molar-refractivity contribution in [3.05, 3.63) is 78.3 Å². The summed E-state index contributed by atoms with van der Waals surface area (Å²) in [5.41, 5.74) is 2.22. The predicted molar refractivity (Wildman–Crippen MR) is 114 cm³/mol. The third kappa shape index (κ3) is 3.46. The third-order valence-electron chi connectivity index (χ3n) is 5.79. The van der Waals surface area contributed by atoms with Gasteiger partial charge < -0.3 is 9.47 Å². The number of aromatic nitrogens is 5. The van der Waals surface area contributed by atoms with Gasteiger partial charge in [-0.1, -0.05) is 24.3 Å². The van der Waals surface area contributed by atoms with E-state index in [0.29, 0.717) is 5.92 Å². The summed E-state index contributed by atoms with van der Waals surface area (Å²) >= 11 is 0. The number of fused-ring (bicyclic) bond motifs is 1. The Morgan fingerprint density at radius 2 is 1.83 bits per heavy atom. The zero-order valence-electron chi connectivity index (χ0n) is 16.6. The lowest BCUT2D eigenvalue weighted by Gasteiger charge is -2.34. The minimum atomic E-state index is 0.377. The molecule has 1 aromatic carbocycles. The summed E-state index contributed by atoms with van der Waals surface area (Å²) in [4.78, 5) is 11.2. The topological polar surface area (TPSA) is 59.7 Å². The van der Waals surface area contributed by atoms with E-state index >= 15 is 0 Å². The number of hydrogen-bond acceptors (Lipinski definition) is 5. The molecule has 29 heavy (non-hydrogen) atoms. The van der Waals surface area contributed by atoms with E-state index in [1.165, 1.54) is 16.3 Å². The molecule has 6 nitrogen and oxygen atoms in total.